The maximum absolute atomic E-state index is 5.63. The first-order chi connectivity index (χ1) is 10.3. The van der Waals surface area contributed by atoms with Gasteiger partial charge in [-0.05, 0) is 23.9 Å². The van der Waals surface area contributed by atoms with Gasteiger partial charge in [0.05, 0.1) is 5.39 Å². The molecule has 0 spiro atoms. The van der Waals surface area contributed by atoms with Crippen LogP contribution >= 0.6 is 11.3 Å². The third kappa shape index (κ3) is 2.75. The lowest BCUT2D eigenvalue weighted by Crippen LogP contribution is -2.10. The number of hydrogen-bond donors (Lipinski definition) is 1. The van der Waals surface area contributed by atoms with Crippen LogP contribution in [-0.2, 0) is 4.74 Å². The minimum Gasteiger partial charge on any atom is -0.370 e. The summed E-state index contributed by atoms with van der Waals surface area (Å²) in [6.45, 7) is 2.88. The van der Waals surface area contributed by atoms with Crippen LogP contribution in [-0.4, -0.2) is 23.6 Å². The van der Waals surface area contributed by atoms with E-state index in [0.717, 1.165) is 28.1 Å². The lowest BCUT2D eigenvalue weighted by atomic mass is 10.1. The van der Waals surface area contributed by atoms with Crippen LogP contribution in [0.3, 0.4) is 0 Å². The van der Waals surface area contributed by atoms with E-state index in [0.29, 0.717) is 5.82 Å². The van der Waals surface area contributed by atoms with Crippen LogP contribution < -0.4 is 5.32 Å². The molecule has 1 atom stereocenters. The minimum absolute atomic E-state index is 0.255. The number of rotatable bonds is 5. The zero-order valence-corrected chi connectivity index (χ0v) is 12.9. The summed E-state index contributed by atoms with van der Waals surface area (Å²) in [5.41, 5.74) is 1.05. The van der Waals surface area contributed by atoms with E-state index < -0.39 is 0 Å². The number of benzene rings is 1. The average molecular weight is 299 g/mol. The summed E-state index contributed by atoms with van der Waals surface area (Å²) in [5.74, 6) is 1.56. The Hall–Kier alpha value is -1.98. The zero-order valence-electron chi connectivity index (χ0n) is 12.0. The molecule has 3 aromatic rings. The molecular formula is C16H17N3OS. The molecular weight excluding hydrogens is 282 g/mol. The summed E-state index contributed by atoms with van der Waals surface area (Å²) >= 11 is 1.62. The van der Waals surface area contributed by atoms with Crippen molar-refractivity contribution in [3.63, 3.8) is 0 Å². The predicted molar refractivity (Wildman–Crippen MR) is 86.9 cm³/mol. The third-order valence-electron chi connectivity index (χ3n) is 3.26. The normalized spacial score (nSPS) is 12.5. The van der Waals surface area contributed by atoms with Crippen LogP contribution in [0, 0.1) is 0 Å². The summed E-state index contributed by atoms with van der Waals surface area (Å²) in [4.78, 5) is 10.3. The first-order valence-electron chi connectivity index (χ1n) is 6.90. The van der Waals surface area contributed by atoms with Gasteiger partial charge < -0.3 is 10.1 Å². The van der Waals surface area contributed by atoms with Gasteiger partial charge in [-0.3, -0.25) is 0 Å². The summed E-state index contributed by atoms with van der Waals surface area (Å²) in [5, 5.41) is 6.41. The van der Waals surface area contributed by atoms with Gasteiger partial charge in [-0.25, -0.2) is 9.97 Å². The lowest BCUT2D eigenvalue weighted by Gasteiger charge is -2.16. The molecule has 0 saturated heterocycles. The highest BCUT2D eigenvalue weighted by atomic mass is 32.1. The Labute approximate surface area is 127 Å². The SMILES string of the molecule is CCNc1nc(C(OC)c2ccccc2)nc2sccc12. The van der Waals surface area contributed by atoms with E-state index in [1.807, 2.05) is 41.8 Å². The molecule has 1 N–H and O–H groups in total. The van der Waals surface area contributed by atoms with Crippen molar-refractivity contribution in [1.29, 1.82) is 0 Å². The Morgan fingerprint density at radius 1 is 1.19 bits per heavy atom. The molecule has 0 amide bonds. The number of nitrogens with one attached hydrogen (secondary N) is 1. The third-order valence-corrected chi connectivity index (χ3v) is 4.07. The molecule has 3 rings (SSSR count). The van der Waals surface area contributed by atoms with E-state index in [1.165, 1.54) is 0 Å². The van der Waals surface area contributed by atoms with Gasteiger partial charge in [-0.15, -0.1) is 11.3 Å². The molecule has 2 aromatic heterocycles. The molecule has 1 aromatic carbocycles. The number of anilines is 1. The van der Waals surface area contributed by atoms with E-state index in [2.05, 4.69) is 22.2 Å². The standard InChI is InChI=1S/C16H17N3OS/c1-3-17-14-12-9-10-21-16(12)19-15(18-14)13(20-2)11-7-5-4-6-8-11/h4-10,13H,3H2,1-2H3,(H,17,18,19). The van der Waals surface area contributed by atoms with E-state index in [9.17, 15) is 0 Å². The fraction of sp³-hybridized carbons (Fsp3) is 0.250. The van der Waals surface area contributed by atoms with Gasteiger partial charge in [0, 0.05) is 13.7 Å². The molecule has 5 heteroatoms. The Balaban J connectivity index is 2.10. The van der Waals surface area contributed by atoms with Crippen molar-refractivity contribution in [3.05, 3.63) is 53.2 Å². The predicted octanol–water partition coefficient (Wildman–Crippen LogP) is 3.86. The van der Waals surface area contributed by atoms with Gasteiger partial charge in [0.15, 0.2) is 5.82 Å². The molecule has 0 aliphatic heterocycles. The Kier molecular flexibility index (Phi) is 4.13. The number of ether oxygens (including phenoxy) is 1. The highest BCUT2D eigenvalue weighted by molar-refractivity contribution is 7.16. The molecule has 0 fully saturated rings. The molecule has 21 heavy (non-hydrogen) atoms. The molecule has 4 nitrogen and oxygen atoms in total. The number of aromatic nitrogens is 2. The van der Waals surface area contributed by atoms with Crippen LogP contribution in [0.25, 0.3) is 10.2 Å². The minimum atomic E-state index is -0.255. The van der Waals surface area contributed by atoms with Crippen molar-refractivity contribution in [3.8, 4) is 0 Å². The Morgan fingerprint density at radius 2 is 2.00 bits per heavy atom. The summed E-state index contributed by atoms with van der Waals surface area (Å²) in [6, 6.07) is 12.1. The number of methoxy groups -OCH3 is 1. The topological polar surface area (TPSA) is 47.0 Å². The quantitative estimate of drug-likeness (QED) is 0.777. The average Bonchev–Trinajstić information content (AvgIpc) is 2.98. The van der Waals surface area contributed by atoms with Crippen molar-refractivity contribution in [2.75, 3.05) is 19.0 Å². The molecule has 1 unspecified atom stereocenters. The highest BCUT2D eigenvalue weighted by Crippen LogP contribution is 2.29. The molecule has 0 radical (unpaired) electrons. The molecule has 2 heterocycles. The Morgan fingerprint density at radius 3 is 2.71 bits per heavy atom. The number of thiophene rings is 1. The largest absolute Gasteiger partial charge is 0.370 e. The van der Waals surface area contributed by atoms with Gasteiger partial charge in [0.1, 0.15) is 16.8 Å². The van der Waals surface area contributed by atoms with Crippen LogP contribution in [0.15, 0.2) is 41.8 Å². The molecule has 0 bridgehead atoms. The fourth-order valence-corrected chi connectivity index (χ4v) is 3.08. The van der Waals surface area contributed by atoms with E-state index in [1.54, 1.807) is 18.4 Å². The molecule has 108 valence electrons. The maximum Gasteiger partial charge on any atom is 0.165 e. The van der Waals surface area contributed by atoms with Crippen molar-refractivity contribution < 1.29 is 4.74 Å². The first kappa shape index (κ1) is 14.0. The Bertz CT molecular complexity index is 727. The molecule has 0 aliphatic rings. The summed E-state index contributed by atoms with van der Waals surface area (Å²) in [7, 11) is 1.69. The molecule has 0 saturated carbocycles. The van der Waals surface area contributed by atoms with Gasteiger partial charge in [0.2, 0.25) is 0 Å². The van der Waals surface area contributed by atoms with Gasteiger partial charge in [-0.2, -0.15) is 0 Å². The lowest BCUT2D eigenvalue weighted by molar-refractivity contribution is 0.129. The van der Waals surface area contributed by atoms with E-state index in [-0.39, 0.29) is 6.10 Å². The van der Waals surface area contributed by atoms with Crippen LogP contribution in [0.4, 0.5) is 5.82 Å². The number of nitrogens with zero attached hydrogens (tertiary/aromatic N) is 2. The summed E-state index contributed by atoms with van der Waals surface area (Å²) in [6.07, 6.45) is -0.255. The van der Waals surface area contributed by atoms with Gasteiger partial charge >= 0.3 is 0 Å². The maximum atomic E-state index is 5.63. The van der Waals surface area contributed by atoms with Crippen molar-refractivity contribution in [2.45, 2.75) is 13.0 Å². The van der Waals surface area contributed by atoms with Gasteiger partial charge in [-0.1, -0.05) is 30.3 Å². The highest BCUT2D eigenvalue weighted by Gasteiger charge is 2.19. The smallest absolute Gasteiger partial charge is 0.165 e. The van der Waals surface area contributed by atoms with Gasteiger partial charge in [0.25, 0.3) is 0 Å². The second-order valence-electron chi connectivity index (χ2n) is 4.63. The zero-order chi connectivity index (χ0) is 14.7. The number of fused-ring (bicyclic) bond motifs is 1. The van der Waals surface area contributed by atoms with Crippen molar-refractivity contribution in [2.24, 2.45) is 0 Å². The monoisotopic (exact) mass is 299 g/mol. The van der Waals surface area contributed by atoms with Crippen LogP contribution in [0.5, 0.6) is 0 Å². The van der Waals surface area contributed by atoms with Crippen molar-refractivity contribution >= 4 is 27.4 Å². The molecule has 0 aliphatic carbocycles. The van der Waals surface area contributed by atoms with E-state index in [4.69, 9.17) is 4.74 Å². The number of hydrogen-bond acceptors (Lipinski definition) is 5. The fourth-order valence-electron chi connectivity index (χ4n) is 2.31. The van der Waals surface area contributed by atoms with E-state index >= 15 is 0 Å². The summed E-state index contributed by atoms with van der Waals surface area (Å²) < 4.78 is 5.63. The van der Waals surface area contributed by atoms with Crippen LogP contribution in [0.2, 0.25) is 0 Å². The second kappa shape index (κ2) is 6.20. The second-order valence-corrected chi connectivity index (χ2v) is 5.52. The van der Waals surface area contributed by atoms with Crippen molar-refractivity contribution in [1.82, 2.24) is 9.97 Å². The van der Waals surface area contributed by atoms with Crippen LogP contribution in [0.1, 0.15) is 24.4 Å². The first-order valence-corrected chi connectivity index (χ1v) is 7.78.